The molecule has 18 heteroatoms. The van der Waals surface area contributed by atoms with Crippen LogP contribution in [0, 0.1) is 38.0 Å². The first-order chi connectivity index (χ1) is 27.3. The van der Waals surface area contributed by atoms with E-state index in [1.54, 1.807) is 0 Å². The van der Waals surface area contributed by atoms with E-state index < -0.39 is 51.9 Å². The molecule has 7 atom stereocenters. The summed E-state index contributed by atoms with van der Waals surface area (Å²) in [5, 5.41) is 32.3. The number of carbonyl (C=O) groups is 4. The molecule has 304 valence electrons. The molecule has 0 saturated carbocycles. The van der Waals surface area contributed by atoms with Crippen molar-refractivity contribution in [2.75, 3.05) is 39.3 Å². The summed E-state index contributed by atoms with van der Waals surface area (Å²) in [7, 11) is 0. The van der Waals surface area contributed by atoms with E-state index in [0.29, 0.717) is 35.0 Å². The highest BCUT2D eigenvalue weighted by molar-refractivity contribution is 8.03. The fourth-order valence-electron chi connectivity index (χ4n) is 8.76. The van der Waals surface area contributed by atoms with Gasteiger partial charge in [0.25, 0.3) is 11.4 Å². The van der Waals surface area contributed by atoms with E-state index in [4.69, 9.17) is 9.47 Å². The minimum Gasteiger partial charge on any atom is -0.456 e. The number of esters is 1. The monoisotopic (exact) mass is 806 g/mol. The molecule has 5 aliphatic rings. The predicted octanol–water partition coefficient (Wildman–Crippen LogP) is 4.07. The van der Waals surface area contributed by atoms with Crippen LogP contribution in [-0.4, -0.2) is 121 Å². The number of β-lactam (4-membered cyclic amide) rings is 1. The zero-order valence-electron chi connectivity index (χ0n) is 31.8. The Kier molecular flexibility index (Phi) is 11.8. The van der Waals surface area contributed by atoms with Crippen molar-refractivity contribution in [3.8, 4) is 0 Å². The summed E-state index contributed by atoms with van der Waals surface area (Å²) in [6, 6.07) is 9.88. The van der Waals surface area contributed by atoms with Crippen LogP contribution in [0.1, 0.15) is 50.7 Å². The Morgan fingerprint density at radius 3 is 2.09 bits per heavy atom. The third-order valence-electron chi connectivity index (χ3n) is 11.7. The molecule has 57 heavy (non-hydrogen) atoms. The molecule has 2 aromatic carbocycles. The normalized spacial score (nSPS) is 26.4. The van der Waals surface area contributed by atoms with Crippen LogP contribution in [0.3, 0.4) is 0 Å². The standard InChI is InChI=1S/C39H46N6O11S/c1-23-33-32(24(2)46)37(48)43(33)34(38(49)55-21-25-5-9-28(10-6-25)44(51)52)35(23)57-30-17-31(36(47)41-16-13-27(19-41)18-40-14-3-4-15-40)42(20-30)39(50)56-22-26-7-11-29(12-8-26)45(53)54/h5-12,23-24,27,30-33,46H,3-4,13-22H2,1-2H3/t23-,24-,27-,30+,31+,32-,33-/m1/s1. The van der Waals surface area contributed by atoms with E-state index in [0.717, 1.165) is 26.1 Å². The number of rotatable bonds is 13. The maximum absolute atomic E-state index is 14.3. The molecule has 0 unspecified atom stereocenters. The number of non-ortho nitro benzene ring substituents is 2. The third kappa shape index (κ3) is 8.34. The topological polar surface area (TPSA) is 206 Å². The largest absolute Gasteiger partial charge is 0.456 e. The predicted molar refractivity (Wildman–Crippen MR) is 205 cm³/mol. The number of amides is 3. The second kappa shape index (κ2) is 16.8. The Bertz CT molecular complexity index is 1940. The van der Waals surface area contributed by atoms with Crippen molar-refractivity contribution in [2.45, 2.75) is 76.2 Å². The van der Waals surface area contributed by atoms with Crippen molar-refractivity contribution in [1.29, 1.82) is 0 Å². The highest BCUT2D eigenvalue weighted by Gasteiger charge is 2.61. The number of nitro groups is 2. The van der Waals surface area contributed by atoms with Crippen LogP contribution in [0.25, 0.3) is 0 Å². The van der Waals surface area contributed by atoms with Gasteiger partial charge in [0.1, 0.15) is 25.0 Å². The Balaban J connectivity index is 1.10. The van der Waals surface area contributed by atoms with Crippen molar-refractivity contribution in [1.82, 2.24) is 19.6 Å². The molecule has 4 saturated heterocycles. The molecule has 0 aromatic heterocycles. The molecule has 5 heterocycles. The lowest BCUT2D eigenvalue weighted by Gasteiger charge is -2.46. The Morgan fingerprint density at radius 1 is 0.912 bits per heavy atom. The van der Waals surface area contributed by atoms with Crippen LogP contribution in [0.5, 0.6) is 0 Å². The van der Waals surface area contributed by atoms with E-state index in [-0.39, 0.29) is 60.3 Å². The van der Waals surface area contributed by atoms with E-state index in [1.165, 1.54) is 89.9 Å². The van der Waals surface area contributed by atoms with Crippen molar-refractivity contribution in [3.63, 3.8) is 0 Å². The number of likely N-dealkylation sites (tertiary alicyclic amines) is 3. The van der Waals surface area contributed by atoms with E-state index in [9.17, 15) is 44.5 Å². The van der Waals surface area contributed by atoms with Crippen molar-refractivity contribution in [2.24, 2.45) is 17.8 Å². The first-order valence-electron chi connectivity index (χ1n) is 19.3. The van der Waals surface area contributed by atoms with Crippen LogP contribution < -0.4 is 0 Å². The van der Waals surface area contributed by atoms with E-state index in [2.05, 4.69) is 4.90 Å². The zero-order chi connectivity index (χ0) is 40.5. The van der Waals surface area contributed by atoms with Gasteiger partial charge in [0, 0.05) is 66.5 Å². The summed E-state index contributed by atoms with van der Waals surface area (Å²) in [6.07, 6.45) is 1.79. The fourth-order valence-corrected chi connectivity index (χ4v) is 10.3. The van der Waals surface area contributed by atoms with Gasteiger partial charge in [-0.25, -0.2) is 9.59 Å². The number of carbonyl (C=O) groups excluding carboxylic acids is 4. The van der Waals surface area contributed by atoms with Gasteiger partial charge >= 0.3 is 12.1 Å². The second-order valence-electron chi connectivity index (χ2n) is 15.5. The molecule has 0 spiro atoms. The van der Waals surface area contributed by atoms with Gasteiger partial charge in [0.05, 0.1) is 27.9 Å². The lowest BCUT2D eigenvalue weighted by molar-refractivity contribution is -0.385. The zero-order valence-corrected chi connectivity index (χ0v) is 32.6. The summed E-state index contributed by atoms with van der Waals surface area (Å²) >= 11 is 1.31. The molecule has 17 nitrogen and oxygen atoms in total. The number of aliphatic hydroxyl groups is 1. The van der Waals surface area contributed by atoms with Gasteiger partial charge in [0.2, 0.25) is 11.8 Å². The quantitative estimate of drug-likeness (QED) is 0.131. The van der Waals surface area contributed by atoms with E-state index >= 15 is 0 Å². The number of thioether (sulfide) groups is 1. The van der Waals surface area contributed by atoms with Gasteiger partial charge in [-0.2, -0.15) is 0 Å². The Labute approximate surface area is 333 Å². The number of hydrogen-bond donors (Lipinski definition) is 1. The average molecular weight is 807 g/mol. The van der Waals surface area contributed by atoms with Gasteiger partial charge < -0.3 is 29.3 Å². The van der Waals surface area contributed by atoms with Crippen LogP contribution >= 0.6 is 11.8 Å². The second-order valence-corrected chi connectivity index (χ2v) is 16.9. The van der Waals surface area contributed by atoms with Gasteiger partial charge in [-0.15, -0.1) is 11.8 Å². The SMILES string of the molecule is C[C@@H](O)[C@H]1C(=O)N2C(C(=O)OCc3ccc([N+](=O)[O-])cc3)=C(S[C@H]3C[C@@H](C(=O)N4CC[C@H](CN5CCCC5)C4)N(C(=O)OCc4ccc([N+](=O)[O-])cc4)C3)[C@H](C)[C@H]12. The van der Waals surface area contributed by atoms with Crippen LogP contribution in [-0.2, 0) is 37.1 Å². The summed E-state index contributed by atoms with van der Waals surface area (Å²) in [4.78, 5) is 84.1. The number of hydrogen-bond acceptors (Lipinski definition) is 13. The van der Waals surface area contributed by atoms with Gasteiger partial charge in [-0.3, -0.25) is 34.7 Å². The molecule has 0 bridgehead atoms. The lowest BCUT2D eigenvalue weighted by atomic mass is 9.79. The van der Waals surface area contributed by atoms with Crippen molar-refractivity contribution >= 4 is 47.0 Å². The molecule has 0 radical (unpaired) electrons. The number of ether oxygens (including phenoxy) is 2. The summed E-state index contributed by atoms with van der Waals surface area (Å²) in [6.45, 7) is 7.33. The maximum Gasteiger partial charge on any atom is 0.410 e. The minimum absolute atomic E-state index is 0.0488. The van der Waals surface area contributed by atoms with Crippen LogP contribution in [0.15, 0.2) is 59.1 Å². The first kappa shape index (κ1) is 40.1. The number of aliphatic hydroxyl groups excluding tert-OH is 1. The summed E-state index contributed by atoms with van der Waals surface area (Å²) in [5.41, 5.74) is 0.883. The number of nitrogens with zero attached hydrogens (tertiary/aromatic N) is 6. The van der Waals surface area contributed by atoms with Crippen LogP contribution in [0.4, 0.5) is 16.2 Å². The minimum atomic E-state index is -0.966. The highest BCUT2D eigenvalue weighted by atomic mass is 32.2. The first-order valence-corrected chi connectivity index (χ1v) is 20.2. The fraction of sp³-hybridized carbons (Fsp3) is 0.538. The molecule has 1 N–H and O–H groups in total. The molecule has 5 aliphatic heterocycles. The molecule has 7 rings (SSSR count). The maximum atomic E-state index is 14.3. The number of fused-ring (bicyclic) bond motifs is 1. The Hall–Kier alpha value is -5.07. The molecule has 4 fully saturated rings. The number of nitro benzene ring substituents is 2. The van der Waals surface area contributed by atoms with Crippen molar-refractivity contribution < 1.29 is 43.6 Å². The van der Waals surface area contributed by atoms with Gasteiger partial charge in [0.15, 0.2) is 0 Å². The number of benzene rings is 2. The molecular formula is C39H46N6O11S. The smallest absolute Gasteiger partial charge is 0.410 e. The van der Waals surface area contributed by atoms with Gasteiger partial charge in [-0.05, 0) is 87.0 Å². The summed E-state index contributed by atoms with van der Waals surface area (Å²) in [5.74, 6) is -2.14. The molecule has 3 amide bonds. The summed E-state index contributed by atoms with van der Waals surface area (Å²) < 4.78 is 11.4. The van der Waals surface area contributed by atoms with Gasteiger partial charge in [-0.1, -0.05) is 6.92 Å². The molecule has 2 aromatic rings. The average Bonchev–Trinajstić information content (AvgIpc) is 4.01. The van der Waals surface area contributed by atoms with E-state index in [1.807, 2.05) is 11.8 Å². The third-order valence-corrected chi connectivity index (χ3v) is 13.2. The molecule has 0 aliphatic carbocycles. The lowest BCUT2D eigenvalue weighted by Crippen LogP contribution is -2.63. The molecular weight excluding hydrogens is 761 g/mol. The van der Waals surface area contributed by atoms with Crippen molar-refractivity contribution in [3.05, 3.63) is 90.5 Å². The Morgan fingerprint density at radius 2 is 1.51 bits per heavy atom. The highest BCUT2D eigenvalue weighted by Crippen LogP contribution is 2.52. The van der Waals surface area contributed by atoms with Crippen LogP contribution in [0.2, 0.25) is 0 Å².